The molecular formula is C19H33NO. The van der Waals surface area contributed by atoms with Gasteiger partial charge >= 0.3 is 0 Å². The molecule has 1 aliphatic carbocycles. The number of rotatable bonds is 6. The predicted octanol–water partition coefficient (Wildman–Crippen LogP) is 4.43. The third-order valence-corrected chi connectivity index (χ3v) is 5.21. The summed E-state index contributed by atoms with van der Waals surface area (Å²) in [4.78, 5) is 2.56. The van der Waals surface area contributed by atoms with Crippen molar-refractivity contribution in [2.75, 3.05) is 26.2 Å². The first-order chi connectivity index (χ1) is 10.0. The third-order valence-electron chi connectivity index (χ3n) is 5.21. The maximum Gasteiger partial charge on any atom is 0.0794 e. The summed E-state index contributed by atoms with van der Waals surface area (Å²) in [5, 5.41) is 0. The van der Waals surface area contributed by atoms with Crippen molar-refractivity contribution in [3.63, 3.8) is 0 Å². The zero-order chi connectivity index (χ0) is 15.3. The number of nitrogens with zero attached hydrogens (tertiary/aromatic N) is 1. The van der Waals surface area contributed by atoms with Crippen LogP contribution in [0.1, 0.15) is 53.4 Å². The molecular weight excluding hydrogens is 258 g/mol. The Hall–Kier alpha value is -0.600. The third kappa shape index (κ3) is 4.96. The van der Waals surface area contributed by atoms with Crippen molar-refractivity contribution in [2.24, 2.45) is 11.3 Å². The van der Waals surface area contributed by atoms with E-state index in [2.05, 4.69) is 50.8 Å². The standard InChI is InChI=1S/C19H33NO/c1-5-19(3,4)17-8-10-18(11-9-17)21-14-13-20-12-6-7-16(2)15-20/h8-10,16,18H,5-7,11-15H2,1-4H3. The molecule has 120 valence electrons. The molecule has 0 saturated carbocycles. The summed E-state index contributed by atoms with van der Waals surface area (Å²) in [5.74, 6) is 0.857. The molecule has 2 atom stereocenters. The lowest BCUT2D eigenvalue weighted by Crippen LogP contribution is -2.37. The SMILES string of the molecule is CCC(C)(C)C1=CCC(OCCN2CCCC(C)C2)C=C1. The van der Waals surface area contributed by atoms with Crippen LogP contribution in [0, 0.1) is 11.3 Å². The lowest BCUT2D eigenvalue weighted by atomic mass is 9.79. The van der Waals surface area contributed by atoms with Crippen molar-refractivity contribution in [3.8, 4) is 0 Å². The highest BCUT2D eigenvalue weighted by atomic mass is 16.5. The Morgan fingerprint density at radius 2 is 2.19 bits per heavy atom. The molecule has 0 aromatic rings. The Bertz CT molecular complexity index is 383. The van der Waals surface area contributed by atoms with Gasteiger partial charge in [-0.2, -0.15) is 0 Å². The molecule has 1 fully saturated rings. The van der Waals surface area contributed by atoms with E-state index in [1.807, 2.05) is 0 Å². The van der Waals surface area contributed by atoms with E-state index < -0.39 is 0 Å². The van der Waals surface area contributed by atoms with Crippen LogP contribution in [0.15, 0.2) is 23.8 Å². The topological polar surface area (TPSA) is 12.5 Å². The van der Waals surface area contributed by atoms with Crippen LogP contribution >= 0.6 is 0 Å². The number of ether oxygens (including phenoxy) is 1. The summed E-state index contributed by atoms with van der Waals surface area (Å²) in [5.41, 5.74) is 1.76. The molecule has 1 saturated heterocycles. The van der Waals surface area contributed by atoms with Crippen LogP contribution in [0.4, 0.5) is 0 Å². The normalized spacial score (nSPS) is 27.7. The van der Waals surface area contributed by atoms with Crippen molar-refractivity contribution >= 4 is 0 Å². The van der Waals surface area contributed by atoms with Gasteiger partial charge < -0.3 is 9.64 Å². The molecule has 0 radical (unpaired) electrons. The fourth-order valence-corrected chi connectivity index (χ4v) is 3.25. The van der Waals surface area contributed by atoms with E-state index in [-0.39, 0.29) is 6.10 Å². The van der Waals surface area contributed by atoms with Gasteiger partial charge in [0.05, 0.1) is 12.7 Å². The molecule has 2 heteroatoms. The van der Waals surface area contributed by atoms with Crippen molar-refractivity contribution in [3.05, 3.63) is 23.8 Å². The van der Waals surface area contributed by atoms with Crippen LogP contribution in [-0.4, -0.2) is 37.2 Å². The number of hydrogen-bond donors (Lipinski definition) is 0. The molecule has 2 nitrogen and oxygen atoms in total. The maximum absolute atomic E-state index is 6.04. The van der Waals surface area contributed by atoms with Crippen LogP contribution in [0.2, 0.25) is 0 Å². The summed E-state index contributed by atoms with van der Waals surface area (Å²) in [7, 11) is 0. The Kier molecular flexibility index (Phi) is 6.07. The van der Waals surface area contributed by atoms with Crippen molar-refractivity contribution < 1.29 is 4.74 Å². The largest absolute Gasteiger partial charge is 0.372 e. The molecule has 0 spiro atoms. The molecule has 0 bridgehead atoms. The first-order valence-electron chi connectivity index (χ1n) is 8.74. The molecule has 0 aromatic heterocycles. The molecule has 1 heterocycles. The van der Waals surface area contributed by atoms with Gasteiger partial charge in [0, 0.05) is 13.1 Å². The number of piperidine rings is 1. The fraction of sp³-hybridized carbons (Fsp3) is 0.789. The summed E-state index contributed by atoms with van der Waals surface area (Å²) >= 11 is 0. The van der Waals surface area contributed by atoms with Gasteiger partial charge in [0.25, 0.3) is 0 Å². The van der Waals surface area contributed by atoms with Crippen molar-refractivity contribution in [1.29, 1.82) is 0 Å². The van der Waals surface area contributed by atoms with Crippen LogP contribution in [-0.2, 0) is 4.74 Å². The molecule has 21 heavy (non-hydrogen) atoms. The smallest absolute Gasteiger partial charge is 0.0794 e. The Labute approximate surface area is 131 Å². The zero-order valence-electron chi connectivity index (χ0n) is 14.4. The van der Waals surface area contributed by atoms with Gasteiger partial charge in [0.1, 0.15) is 0 Å². The fourth-order valence-electron chi connectivity index (χ4n) is 3.25. The van der Waals surface area contributed by atoms with Gasteiger partial charge in [-0.1, -0.05) is 45.9 Å². The van der Waals surface area contributed by atoms with E-state index in [4.69, 9.17) is 4.74 Å². The second-order valence-electron chi connectivity index (χ2n) is 7.45. The lowest BCUT2D eigenvalue weighted by Gasteiger charge is -2.31. The zero-order valence-corrected chi connectivity index (χ0v) is 14.4. The van der Waals surface area contributed by atoms with E-state index in [0.717, 1.165) is 25.5 Å². The average Bonchev–Trinajstić information content (AvgIpc) is 2.48. The molecule has 1 aliphatic heterocycles. The van der Waals surface area contributed by atoms with Gasteiger partial charge in [-0.25, -0.2) is 0 Å². The highest BCUT2D eigenvalue weighted by molar-refractivity contribution is 5.29. The molecule has 0 amide bonds. The second kappa shape index (κ2) is 7.60. The van der Waals surface area contributed by atoms with Crippen LogP contribution in [0.25, 0.3) is 0 Å². The Morgan fingerprint density at radius 1 is 1.38 bits per heavy atom. The summed E-state index contributed by atoms with van der Waals surface area (Å²) in [6.45, 7) is 13.7. The number of allylic oxidation sites excluding steroid dienone is 2. The van der Waals surface area contributed by atoms with Gasteiger partial charge in [-0.15, -0.1) is 0 Å². The highest BCUT2D eigenvalue weighted by Gasteiger charge is 2.22. The predicted molar refractivity (Wildman–Crippen MR) is 90.5 cm³/mol. The van der Waals surface area contributed by atoms with Crippen LogP contribution < -0.4 is 0 Å². The van der Waals surface area contributed by atoms with E-state index >= 15 is 0 Å². The molecule has 0 aromatic carbocycles. The number of hydrogen-bond acceptors (Lipinski definition) is 2. The quantitative estimate of drug-likeness (QED) is 0.718. The van der Waals surface area contributed by atoms with Crippen LogP contribution in [0.5, 0.6) is 0 Å². The minimum absolute atomic E-state index is 0.281. The lowest BCUT2D eigenvalue weighted by molar-refractivity contribution is 0.0551. The van der Waals surface area contributed by atoms with Crippen LogP contribution in [0.3, 0.4) is 0 Å². The Balaban J connectivity index is 1.69. The van der Waals surface area contributed by atoms with Gasteiger partial charge in [-0.3, -0.25) is 0 Å². The number of likely N-dealkylation sites (tertiary alicyclic amines) is 1. The summed E-state index contributed by atoms with van der Waals surface area (Å²) in [6, 6.07) is 0. The van der Waals surface area contributed by atoms with E-state index in [1.54, 1.807) is 0 Å². The van der Waals surface area contributed by atoms with Gasteiger partial charge in [0.2, 0.25) is 0 Å². The monoisotopic (exact) mass is 291 g/mol. The average molecular weight is 291 g/mol. The minimum Gasteiger partial charge on any atom is -0.372 e. The first kappa shape index (κ1) is 16.8. The van der Waals surface area contributed by atoms with Crippen molar-refractivity contribution in [2.45, 2.75) is 59.5 Å². The van der Waals surface area contributed by atoms with E-state index in [0.29, 0.717) is 5.41 Å². The first-order valence-corrected chi connectivity index (χ1v) is 8.74. The maximum atomic E-state index is 6.04. The van der Waals surface area contributed by atoms with Gasteiger partial charge in [0.15, 0.2) is 0 Å². The van der Waals surface area contributed by atoms with Crippen molar-refractivity contribution in [1.82, 2.24) is 4.90 Å². The summed E-state index contributed by atoms with van der Waals surface area (Å²) in [6.07, 6.45) is 12.1. The second-order valence-corrected chi connectivity index (χ2v) is 7.45. The minimum atomic E-state index is 0.281. The molecule has 2 unspecified atom stereocenters. The summed E-state index contributed by atoms with van der Waals surface area (Å²) < 4.78 is 6.04. The molecule has 0 N–H and O–H groups in total. The molecule has 2 rings (SSSR count). The van der Waals surface area contributed by atoms with Gasteiger partial charge in [-0.05, 0) is 49.1 Å². The Morgan fingerprint density at radius 3 is 2.81 bits per heavy atom. The van der Waals surface area contributed by atoms with E-state index in [1.165, 1.54) is 37.9 Å². The molecule has 2 aliphatic rings. The van der Waals surface area contributed by atoms with E-state index in [9.17, 15) is 0 Å². The highest BCUT2D eigenvalue weighted by Crippen LogP contribution is 2.33.